The lowest BCUT2D eigenvalue weighted by Gasteiger charge is -2.22. The van der Waals surface area contributed by atoms with Crippen molar-refractivity contribution < 1.29 is 4.74 Å². The van der Waals surface area contributed by atoms with Crippen LogP contribution in [-0.4, -0.2) is 24.7 Å². The van der Waals surface area contributed by atoms with E-state index in [0.29, 0.717) is 18.0 Å². The van der Waals surface area contributed by atoms with Crippen molar-refractivity contribution in [1.82, 2.24) is 10.3 Å². The quantitative estimate of drug-likeness (QED) is 0.829. The van der Waals surface area contributed by atoms with Gasteiger partial charge in [-0.1, -0.05) is 6.92 Å². The summed E-state index contributed by atoms with van der Waals surface area (Å²) in [6.45, 7) is 5.05. The van der Waals surface area contributed by atoms with Gasteiger partial charge in [0.15, 0.2) is 0 Å². The van der Waals surface area contributed by atoms with Crippen molar-refractivity contribution in [2.75, 3.05) is 13.7 Å². The van der Waals surface area contributed by atoms with Crippen molar-refractivity contribution in [2.45, 2.75) is 38.8 Å². The standard InChI is InChI=1S/C12H20N2OS/c1-8(6-15-3)11(14-10-4-5-10)12-13-9(2)7-16-12/h7-8,10-11,14H,4-6H2,1-3H3. The lowest BCUT2D eigenvalue weighted by atomic mass is 10.0. The molecule has 1 fully saturated rings. The fourth-order valence-electron chi connectivity index (χ4n) is 1.86. The first-order chi connectivity index (χ1) is 7.70. The molecule has 1 N–H and O–H groups in total. The van der Waals surface area contributed by atoms with Crippen molar-refractivity contribution in [3.63, 3.8) is 0 Å². The molecule has 0 spiro atoms. The topological polar surface area (TPSA) is 34.1 Å². The normalized spacial score (nSPS) is 19.7. The first kappa shape index (κ1) is 12.0. The second kappa shape index (κ2) is 5.25. The minimum Gasteiger partial charge on any atom is -0.384 e. The number of aryl methyl sites for hydroxylation is 1. The Morgan fingerprint density at radius 1 is 1.62 bits per heavy atom. The summed E-state index contributed by atoms with van der Waals surface area (Å²) >= 11 is 1.75. The van der Waals surface area contributed by atoms with E-state index in [4.69, 9.17) is 4.74 Å². The van der Waals surface area contributed by atoms with Crippen LogP contribution in [0.4, 0.5) is 0 Å². The Morgan fingerprint density at radius 3 is 2.88 bits per heavy atom. The first-order valence-electron chi connectivity index (χ1n) is 5.87. The smallest absolute Gasteiger partial charge is 0.110 e. The summed E-state index contributed by atoms with van der Waals surface area (Å²) < 4.78 is 5.25. The molecule has 1 aromatic rings. The molecular weight excluding hydrogens is 220 g/mol. The molecule has 3 nitrogen and oxygen atoms in total. The third kappa shape index (κ3) is 3.03. The lowest BCUT2D eigenvalue weighted by Crippen LogP contribution is -2.30. The van der Waals surface area contributed by atoms with Crippen LogP contribution in [0.3, 0.4) is 0 Å². The largest absolute Gasteiger partial charge is 0.384 e. The molecule has 2 unspecified atom stereocenters. The van der Waals surface area contributed by atoms with Crippen LogP contribution in [0.1, 0.15) is 36.5 Å². The number of nitrogens with one attached hydrogen (secondary N) is 1. The Morgan fingerprint density at radius 2 is 2.38 bits per heavy atom. The molecule has 1 saturated carbocycles. The molecule has 0 bridgehead atoms. The average molecular weight is 240 g/mol. The number of hydrogen-bond donors (Lipinski definition) is 1. The van der Waals surface area contributed by atoms with E-state index >= 15 is 0 Å². The Labute approximate surface area is 101 Å². The summed E-state index contributed by atoms with van der Waals surface area (Å²) in [7, 11) is 1.76. The van der Waals surface area contributed by atoms with Gasteiger partial charge < -0.3 is 10.1 Å². The van der Waals surface area contributed by atoms with E-state index in [-0.39, 0.29) is 0 Å². The maximum absolute atomic E-state index is 5.25. The van der Waals surface area contributed by atoms with Gasteiger partial charge in [-0.2, -0.15) is 0 Å². The van der Waals surface area contributed by atoms with E-state index in [1.165, 1.54) is 17.8 Å². The number of hydrogen-bond acceptors (Lipinski definition) is 4. The summed E-state index contributed by atoms with van der Waals surface area (Å²) in [5.41, 5.74) is 1.12. The summed E-state index contributed by atoms with van der Waals surface area (Å²) in [5.74, 6) is 0.469. The van der Waals surface area contributed by atoms with Gasteiger partial charge in [-0.3, -0.25) is 0 Å². The minimum absolute atomic E-state index is 0.353. The maximum atomic E-state index is 5.25. The van der Waals surface area contributed by atoms with Crippen molar-refractivity contribution in [2.24, 2.45) is 5.92 Å². The number of thiazole rings is 1. The van der Waals surface area contributed by atoms with Gasteiger partial charge in [-0.15, -0.1) is 11.3 Å². The van der Waals surface area contributed by atoms with Crippen LogP contribution in [0.2, 0.25) is 0 Å². The minimum atomic E-state index is 0.353. The van der Waals surface area contributed by atoms with Gasteiger partial charge in [0.05, 0.1) is 12.6 Å². The van der Waals surface area contributed by atoms with E-state index in [1.807, 2.05) is 0 Å². The van der Waals surface area contributed by atoms with Gasteiger partial charge in [-0.25, -0.2) is 4.98 Å². The van der Waals surface area contributed by atoms with Crippen LogP contribution < -0.4 is 5.32 Å². The highest BCUT2D eigenvalue weighted by molar-refractivity contribution is 7.09. The van der Waals surface area contributed by atoms with E-state index in [9.17, 15) is 0 Å². The monoisotopic (exact) mass is 240 g/mol. The van der Waals surface area contributed by atoms with Gasteiger partial charge in [0.1, 0.15) is 5.01 Å². The summed E-state index contributed by atoms with van der Waals surface area (Å²) in [6, 6.07) is 1.06. The van der Waals surface area contributed by atoms with E-state index in [1.54, 1.807) is 18.4 Å². The highest BCUT2D eigenvalue weighted by Gasteiger charge is 2.29. The fourth-order valence-corrected chi connectivity index (χ4v) is 2.84. The molecule has 1 heterocycles. The number of aromatic nitrogens is 1. The number of nitrogens with zero attached hydrogens (tertiary/aromatic N) is 1. The Balaban J connectivity index is 2.06. The number of ether oxygens (including phenoxy) is 1. The molecule has 90 valence electrons. The molecule has 1 aliphatic rings. The highest BCUT2D eigenvalue weighted by Crippen LogP contribution is 2.30. The molecule has 2 rings (SSSR count). The Kier molecular flexibility index (Phi) is 3.95. The second-order valence-corrected chi connectivity index (χ2v) is 5.57. The molecular formula is C12H20N2OS. The molecule has 0 amide bonds. The third-order valence-corrected chi connectivity index (χ3v) is 3.94. The van der Waals surface area contributed by atoms with Crippen LogP contribution >= 0.6 is 11.3 Å². The second-order valence-electron chi connectivity index (χ2n) is 4.68. The maximum Gasteiger partial charge on any atom is 0.110 e. The fraction of sp³-hybridized carbons (Fsp3) is 0.750. The van der Waals surface area contributed by atoms with E-state index in [2.05, 4.69) is 29.5 Å². The predicted molar refractivity (Wildman–Crippen MR) is 66.8 cm³/mol. The summed E-state index contributed by atoms with van der Waals surface area (Å²) in [4.78, 5) is 4.60. The van der Waals surface area contributed by atoms with Gasteiger partial charge in [0.2, 0.25) is 0 Å². The third-order valence-electron chi connectivity index (χ3n) is 2.89. The van der Waals surface area contributed by atoms with Gasteiger partial charge in [0.25, 0.3) is 0 Å². The molecule has 0 aliphatic heterocycles. The van der Waals surface area contributed by atoms with Crippen LogP contribution in [-0.2, 0) is 4.74 Å². The van der Waals surface area contributed by atoms with E-state index in [0.717, 1.165) is 12.3 Å². The van der Waals surface area contributed by atoms with Crippen LogP contribution in [0.5, 0.6) is 0 Å². The van der Waals surface area contributed by atoms with Crippen LogP contribution in [0.25, 0.3) is 0 Å². The molecule has 1 aromatic heterocycles. The first-order valence-corrected chi connectivity index (χ1v) is 6.75. The summed E-state index contributed by atoms with van der Waals surface area (Å²) in [5, 5.41) is 7.00. The molecule has 2 atom stereocenters. The molecule has 0 radical (unpaired) electrons. The average Bonchev–Trinajstić information content (AvgIpc) is 2.97. The predicted octanol–water partition coefficient (Wildman–Crippen LogP) is 2.53. The van der Waals surface area contributed by atoms with E-state index < -0.39 is 0 Å². The lowest BCUT2D eigenvalue weighted by molar-refractivity contribution is 0.138. The SMILES string of the molecule is COCC(C)C(NC1CC1)c1nc(C)cs1. The molecule has 1 aliphatic carbocycles. The van der Waals surface area contributed by atoms with Crippen molar-refractivity contribution >= 4 is 11.3 Å². The molecule has 0 aromatic carbocycles. The zero-order valence-electron chi connectivity index (χ0n) is 10.2. The number of methoxy groups -OCH3 is 1. The molecule has 16 heavy (non-hydrogen) atoms. The molecule has 4 heteroatoms. The zero-order valence-corrected chi connectivity index (χ0v) is 11.0. The van der Waals surface area contributed by atoms with Crippen LogP contribution in [0.15, 0.2) is 5.38 Å². The zero-order chi connectivity index (χ0) is 11.5. The number of rotatable bonds is 6. The highest BCUT2D eigenvalue weighted by atomic mass is 32.1. The van der Waals surface area contributed by atoms with Crippen molar-refractivity contribution in [1.29, 1.82) is 0 Å². The summed E-state index contributed by atoms with van der Waals surface area (Å²) in [6.07, 6.45) is 2.61. The van der Waals surface area contributed by atoms with Gasteiger partial charge >= 0.3 is 0 Å². The van der Waals surface area contributed by atoms with Crippen molar-refractivity contribution in [3.05, 3.63) is 16.1 Å². The van der Waals surface area contributed by atoms with Crippen LogP contribution in [0, 0.1) is 12.8 Å². The Hall–Kier alpha value is -0.450. The Bertz CT molecular complexity index is 336. The van der Waals surface area contributed by atoms with Gasteiger partial charge in [0, 0.05) is 30.1 Å². The molecule has 0 saturated heterocycles. The van der Waals surface area contributed by atoms with Crippen molar-refractivity contribution in [3.8, 4) is 0 Å². The van der Waals surface area contributed by atoms with Gasteiger partial charge in [-0.05, 0) is 19.8 Å².